The Hall–Kier alpha value is -4.38. The Morgan fingerprint density at radius 3 is 2.08 bits per heavy atom. The highest BCUT2D eigenvalue weighted by molar-refractivity contribution is 5.91. The monoisotopic (exact) mass is 481 g/mol. The molecule has 2 aliphatic rings. The molecule has 0 unspecified atom stereocenters. The van der Waals surface area contributed by atoms with Crippen molar-refractivity contribution in [1.82, 2.24) is 19.9 Å². The standard InChI is InChI=1S/C32H27N5/c1-31(2)23-16-33-15-14-26(23)37-27-19-35-30(22-13-9-8-12-21(22)20-10-6-5-7-11-20)36-29(27)32(3,4)25-18-34-17-24(31)28(25)37/h5-19H,1-4H3. The average molecular weight is 482 g/mol. The molecule has 0 atom stereocenters. The van der Waals surface area contributed by atoms with Crippen LogP contribution < -0.4 is 4.90 Å². The van der Waals surface area contributed by atoms with Gasteiger partial charge in [-0.25, -0.2) is 9.97 Å². The predicted molar refractivity (Wildman–Crippen MR) is 147 cm³/mol. The van der Waals surface area contributed by atoms with E-state index >= 15 is 0 Å². The summed E-state index contributed by atoms with van der Waals surface area (Å²) >= 11 is 0. The zero-order chi connectivity index (χ0) is 25.4. The lowest BCUT2D eigenvalue weighted by Crippen LogP contribution is -2.39. The molecular formula is C32H27N5. The highest BCUT2D eigenvalue weighted by Crippen LogP contribution is 2.59. The van der Waals surface area contributed by atoms with E-state index in [2.05, 4.69) is 92.2 Å². The van der Waals surface area contributed by atoms with Gasteiger partial charge < -0.3 is 4.90 Å². The summed E-state index contributed by atoms with van der Waals surface area (Å²) in [7, 11) is 0. The van der Waals surface area contributed by atoms with Crippen LogP contribution in [0.15, 0.2) is 91.6 Å². The quantitative estimate of drug-likeness (QED) is 0.264. The summed E-state index contributed by atoms with van der Waals surface area (Å²) in [4.78, 5) is 21.8. The zero-order valence-electron chi connectivity index (χ0n) is 21.4. The SMILES string of the molecule is CC1(C)c2cnccc2N2c3cnc(-c4ccccc4-c4ccccc4)nc3C(C)(C)c3cncc1c32. The summed E-state index contributed by atoms with van der Waals surface area (Å²) in [5, 5.41) is 0. The first-order valence-electron chi connectivity index (χ1n) is 12.6. The van der Waals surface area contributed by atoms with Crippen LogP contribution in [0.5, 0.6) is 0 Å². The third kappa shape index (κ3) is 2.97. The van der Waals surface area contributed by atoms with Gasteiger partial charge >= 0.3 is 0 Å². The van der Waals surface area contributed by atoms with Crippen LogP contribution in [0.25, 0.3) is 22.5 Å². The van der Waals surface area contributed by atoms with Crippen molar-refractivity contribution in [3.05, 3.63) is 114 Å². The van der Waals surface area contributed by atoms with Gasteiger partial charge in [0.25, 0.3) is 0 Å². The first kappa shape index (κ1) is 21.9. The third-order valence-corrected chi connectivity index (χ3v) is 8.06. The summed E-state index contributed by atoms with van der Waals surface area (Å²) in [5.74, 6) is 0.728. The number of hydrogen-bond acceptors (Lipinski definition) is 5. The lowest BCUT2D eigenvalue weighted by molar-refractivity contribution is 0.576. The fourth-order valence-corrected chi connectivity index (χ4v) is 5.99. The minimum absolute atomic E-state index is 0.221. The fourth-order valence-electron chi connectivity index (χ4n) is 5.99. The van der Waals surface area contributed by atoms with Gasteiger partial charge in [0, 0.05) is 57.9 Å². The Kier molecular flexibility index (Phi) is 4.47. The van der Waals surface area contributed by atoms with E-state index < -0.39 is 0 Å². The second-order valence-electron chi connectivity index (χ2n) is 10.9. The Morgan fingerprint density at radius 1 is 0.622 bits per heavy atom. The van der Waals surface area contributed by atoms with Gasteiger partial charge in [0.15, 0.2) is 5.82 Å². The predicted octanol–water partition coefficient (Wildman–Crippen LogP) is 7.35. The van der Waals surface area contributed by atoms with Crippen molar-refractivity contribution in [2.45, 2.75) is 38.5 Å². The molecule has 0 aliphatic carbocycles. The number of pyridine rings is 2. The maximum Gasteiger partial charge on any atom is 0.160 e. The lowest BCUT2D eigenvalue weighted by atomic mass is 9.69. The molecule has 0 saturated carbocycles. The van der Waals surface area contributed by atoms with Gasteiger partial charge in [-0.05, 0) is 31.0 Å². The Bertz CT molecular complexity index is 1690. The number of fused-ring (bicyclic) bond motifs is 4. The Balaban J connectivity index is 1.49. The van der Waals surface area contributed by atoms with Gasteiger partial charge in [0.2, 0.25) is 0 Å². The van der Waals surface area contributed by atoms with Crippen molar-refractivity contribution in [2.24, 2.45) is 0 Å². The molecule has 0 radical (unpaired) electrons. The van der Waals surface area contributed by atoms with Crippen molar-refractivity contribution >= 4 is 17.1 Å². The number of nitrogens with zero attached hydrogens (tertiary/aromatic N) is 5. The van der Waals surface area contributed by atoms with Crippen LogP contribution in [-0.2, 0) is 10.8 Å². The van der Waals surface area contributed by atoms with E-state index in [9.17, 15) is 0 Å². The molecule has 0 saturated heterocycles. The number of hydrogen-bond donors (Lipinski definition) is 0. The van der Waals surface area contributed by atoms with Gasteiger partial charge in [0.05, 0.1) is 29.0 Å². The van der Waals surface area contributed by atoms with Crippen molar-refractivity contribution in [2.75, 3.05) is 4.90 Å². The average Bonchev–Trinajstić information content (AvgIpc) is 2.93. The summed E-state index contributed by atoms with van der Waals surface area (Å²) in [6, 6.07) is 20.9. The number of rotatable bonds is 2. The summed E-state index contributed by atoms with van der Waals surface area (Å²) in [6.45, 7) is 9.00. The summed E-state index contributed by atoms with van der Waals surface area (Å²) in [5.41, 5.74) is 10.6. The largest absolute Gasteiger partial charge is 0.306 e. The molecule has 0 N–H and O–H groups in total. The van der Waals surface area contributed by atoms with Crippen LogP contribution in [0.2, 0.25) is 0 Å². The van der Waals surface area contributed by atoms with E-state index in [1.807, 2.05) is 37.1 Å². The smallest absolute Gasteiger partial charge is 0.160 e. The van der Waals surface area contributed by atoms with E-state index in [0.717, 1.165) is 39.6 Å². The maximum atomic E-state index is 5.29. The van der Waals surface area contributed by atoms with Crippen molar-refractivity contribution in [3.63, 3.8) is 0 Å². The van der Waals surface area contributed by atoms with Crippen LogP contribution >= 0.6 is 0 Å². The molecule has 5 heterocycles. The second kappa shape index (κ2) is 7.56. The van der Waals surface area contributed by atoms with E-state index in [1.165, 1.54) is 22.4 Å². The van der Waals surface area contributed by atoms with Crippen molar-refractivity contribution in [3.8, 4) is 22.5 Å². The van der Waals surface area contributed by atoms with Crippen LogP contribution in [0.3, 0.4) is 0 Å². The minimum atomic E-state index is -0.357. The first-order chi connectivity index (χ1) is 17.9. The second-order valence-corrected chi connectivity index (χ2v) is 10.9. The number of benzene rings is 2. The van der Waals surface area contributed by atoms with E-state index in [-0.39, 0.29) is 10.8 Å². The highest BCUT2D eigenvalue weighted by atomic mass is 15.2. The molecule has 37 heavy (non-hydrogen) atoms. The molecule has 7 rings (SSSR count). The molecule has 5 aromatic rings. The van der Waals surface area contributed by atoms with Crippen molar-refractivity contribution < 1.29 is 0 Å². The molecule has 0 spiro atoms. The molecular weight excluding hydrogens is 454 g/mol. The molecule has 2 aliphatic heterocycles. The number of aromatic nitrogens is 4. The van der Waals surface area contributed by atoms with Gasteiger partial charge in [-0.2, -0.15) is 0 Å². The maximum absolute atomic E-state index is 5.29. The molecule has 0 fully saturated rings. The van der Waals surface area contributed by atoms with E-state index in [4.69, 9.17) is 15.0 Å². The molecule has 0 amide bonds. The Morgan fingerprint density at radius 2 is 1.30 bits per heavy atom. The summed E-state index contributed by atoms with van der Waals surface area (Å²) in [6.07, 6.45) is 9.86. The number of anilines is 3. The van der Waals surface area contributed by atoms with Crippen LogP contribution in [-0.4, -0.2) is 19.9 Å². The minimum Gasteiger partial charge on any atom is -0.306 e. The normalized spacial score (nSPS) is 15.9. The van der Waals surface area contributed by atoms with Gasteiger partial charge in [-0.15, -0.1) is 0 Å². The van der Waals surface area contributed by atoms with E-state index in [0.29, 0.717) is 0 Å². The zero-order valence-corrected chi connectivity index (χ0v) is 21.4. The lowest BCUT2D eigenvalue weighted by Gasteiger charge is -2.48. The van der Waals surface area contributed by atoms with Crippen LogP contribution in [0, 0.1) is 0 Å². The highest BCUT2D eigenvalue weighted by Gasteiger charge is 2.46. The van der Waals surface area contributed by atoms with Gasteiger partial charge in [0.1, 0.15) is 0 Å². The van der Waals surface area contributed by atoms with E-state index in [1.54, 1.807) is 0 Å². The molecule has 5 nitrogen and oxygen atoms in total. The van der Waals surface area contributed by atoms with Crippen LogP contribution in [0.1, 0.15) is 50.1 Å². The molecule has 180 valence electrons. The Labute approximate surface area is 216 Å². The molecule has 2 aromatic carbocycles. The molecule has 3 aromatic heterocycles. The first-order valence-corrected chi connectivity index (χ1v) is 12.6. The molecule has 0 bridgehead atoms. The fraction of sp³-hybridized carbons (Fsp3) is 0.188. The van der Waals surface area contributed by atoms with Gasteiger partial charge in [-0.1, -0.05) is 68.4 Å². The van der Waals surface area contributed by atoms with Crippen molar-refractivity contribution in [1.29, 1.82) is 0 Å². The van der Waals surface area contributed by atoms with Gasteiger partial charge in [-0.3, -0.25) is 9.97 Å². The molecule has 5 heteroatoms. The topological polar surface area (TPSA) is 54.8 Å². The summed E-state index contributed by atoms with van der Waals surface area (Å²) < 4.78 is 0. The third-order valence-electron chi connectivity index (χ3n) is 8.06. The van der Waals surface area contributed by atoms with Crippen LogP contribution in [0.4, 0.5) is 17.1 Å².